The van der Waals surface area contributed by atoms with Crippen LogP contribution >= 0.6 is 0 Å². The molecule has 0 aromatic carbocycles. The quantitative estimate of drug-likeness (QED) is 0.820. The highest BCUT2D eigenvalue weighted by molar-refractivity contribution is 5.80. The zero-order chi connectivity index (χ0) is 12.8. The molecule has 1 amide bonds. The SMILES string of the molecule is CCCn1cc(OC(C)C(=O)NC(C)C)cn1. The molecular formula is C12H21N3O2. The van der Waals surface area contributed by atoms with Crippen molar-refractivity contribution >= 4 is 5.91 Å². The fraction of sp³-hybridized carbons (Fsp3) is 0.667. The Balaban J connectivity index is 2.49. The van der Waals surface area contributed by atoms with Gasteiger partial charge in [0.15, 0.2) is 11.9 Å². The number of nitrogens with one attached hydrogen (secondary N) is 1. The molecule has 0 bridgehead atoms. The summed E-state index contributed by atoms with van der Waals surface area (Å²) < 4.78 is 7.32. The average molecular weight is 239 g/mol. The van der Waals surface area contributed by atoms with Gasteiger partial charge in [-0.3, -0.25) is 9.48 Å². The molecule has 1 unspecified atom stereocenters. The van der Waals surface area contributed by atoms with E-state index in [1.165, 1.54) is 0 Å². The molecule has 1 N–H and O–H groups in total. The smallest absolute Gasteiger partial charge is 0.260 e. The van der Waals surface area contributed by atoms with Gasteiger partial charge < -0.3 is 10.1 Å². The van der Waals surface area contributed by atoms with E-state index >= 15 is 0 Å². The first-order valence-corrected chi connectivity index (χ1v) is 6.02. The van der Waals surface area contributed by atoms with Crippen LogP contribution < -0.4 is 10.1 Å². The molecule has 0 aliphatic rings. The maximum absolute atomic E-state index is 11.6. The molecule has 0 fully saturated rings. The van der Waals surface area contributed by atoms with Gasteiger partial charge >= 0.3 is 0 Å². The van der Waals surface area contributed by atoms with Crippen molar-refractivity contribution in [2.45, 2.75) is 52.8 Å². The summed E-state index contributed by atoms with van der Waals surface area (Å²) in [6.45, 7) is 8.51. The second-order valence-corrected chi connectivity index (χ2v) is 4.36. The van der Waals surface area contributed by atoms with E-state index < -0.39 is 6.10 Å². The molecule has 1 atom stereocenters. The predicted molar refractivity (Wildman–Crippen MR) is 65.9 cm³/mol. The summed E-state index contributed by atoms with van der Waals surface area (Å²) in [6, 6.07) is 0.122. The first-order chi connectivity index (χ1) is 8.02. The monoisotopic (exact) mass is 239 g/mol. The van der Waals surface area contributed by atoms with Crippen molar-refractivity contribution in [1.29, 1.82) is 0 Å². The van der Waals surface area contributed by atoms with E-state index in [1.54, 1.807) is 13.1 Å². The standard InChI is InChI=1S/C12H21N3O2/c1-5-6-15-8-11(7-13-15)17-10(4)12(16)14-9(2)3/h7-10H,5-6H2,1-4H3,(H,14,16). The van der Waals surface area contributed by atoms with Crippen LogP contribution in [0, 0.1) is 0 Å². The van der Waals surface area contributed by atoms with Crippen LogP contribution in [0.2, 0.25) is 0 Å². The largest absolute Gasteiger partial charge is 0.478 e. The number of carbonyl (C=O) groups is 1. The Labute approximate surface area is 102 Å². The maximum atomic E-state index is 11.6. The van der Waals surface area contributed by atoms with Gasteiger partial charge in [-0.1, -0.05) is 6.92 Å². The normalized spacial score (nSPS) is 12.5. The summed E-state index contributed by atoms with van der Waals surface area (Å²) in [5.41, 5.74) is 0. The molecular weight excluding hydrogens is 218 g/mol. The molecule has 1 heterocycles. The number of amides is 1. The minimum atomic E-state index is -0.503. The van der Waals surface area contributed by atoms with Crippen molar-refractivity contribution in [2.24, 2.45) is 0 Å². The lowest BCUT2D eigenvalue weighted by atomic mass is 10.3. The Kier molecular flexibility index (Phi) is 5.00. The van der Waals surface area contributed by atoms with E-state index in [4.69, 9.17) is 4.74 Å². The average Bonchev–Trinajstić information content (AvgIpc) is 2.65. The molecule has 96 valence electrons. The van der Waals surface area contributed by atoms with Crippen molar-refractivity contribution in [1.82, 2.24) is 15.1 Å². The number of hydrogen-bond donors (Lipinski definition) is 1. The van der Waals surface area contributed by atoms with E-state index in [2.05, 4.69) is 17.3 Å². The third kappa shape index (κ3) is 4.46. The number of nitrogens with zero attached hydrogens (tertiary/aromatic N) is 2. The van der Waals surface area contributed by atoms with Crippen LogP contribution in [0.3, 0.4) is 0 Å². The van der Waals surface area contributed by atoms with Crippen LogP contribution in [0.15, 0.2) is 12.4 Å². The molecule has 5 heteroatoms. The van der Waals surface area contributed by atoms with E-state index in [1.807, 2.05) is 24.7 Å². The number of aryl methyl sites for hydroxylation is 1. The fourth-order valence-corrected chi connectivity index (χ4v) is 1.42. The topological polar surface area (TPSA) is 56.1 Å². The Morgan fingerprint density at radius 1 is 1.53 bits per heavy atom. The Hall–Kier alpha value is -1.52. The van der Waals surface area contributed by atoms with Crippen LogP contribution in [0.1, 0.15) is 34.1 Å². The third-order valence-corrected chi connectivity index (χ3v) is 2.18. The zero-order valence-electron chi connectivity index (χ0n) is 10.9. The summed E-state index contributed by atoms with van der Waals surface area (Å²) in [6.07, 6.45) is 3.96. The van der Waals surface area contributed by atoms with Crippen molar-refractivity contribution in [3.8, 4) is 5.75 Å². The first-order valence-electron chi connectivity index (χ1n) is 6.02. The van der Waals surface area contributed by atoms with E-state index in [0.717, 1.165) is 13.0 Å². The van der Waals surface area contributed by atoms with Gasteiger partial charge in [-0.2, -0.15) is 5.10 Å². The highest BCUT2D eigenvalue weighted by Gasteiger charge is 2.15. The molecule has 5 nitrogen and oxygen atoms in total. The van der Waals surface area contributed by atoms with Crippen LogP contribution in [0.5, 0.6) is 5.75 Å². The van der Waals surface area contributed by atoms with Gasteiger partial charge in [0.2, 0.25) is 0 Å². The van der Waals surface area contributed by atoms with E-state index in [9.17, 15) is 4.79 Å². The second-order valence-electron chi connectivity index (χ2n) is 4.36. The fourth-order valence-electron chi connectivity index (χ4n) is 1.42. The summed E-state index contributed by atoms with van der Waals surface area (Å²) >= 11 is 0. The Bertz CT molecular complexity index is 360. The van der Waals surface area contributed by atoms with Gasteiger partial charge in [-0.05, 0) is 27.2 Å². The number of hydrogen-bond acceptors (Lipinski definition) is 3. The maximum Gasteiger partial charge on any atom is 0.260 e. The predicted octanol–water partition coefficient (Wildman–Crippen LogP) is 1.58. The summed E-state index contributed by atoms with van der Waals surface area (Å²) in [5, 5.41) is 6.94. The van der Waals surface area contributed by atoms with Crippen LogP contribution in [-0.2, 0) is 11.3 Å². The van der Waals surface area contributed by atoms with Gasteiger partial charge in [0.05, 0.1) is 12.4 Å². The van der Waals surface area contributed by atoms with Crippen molar-refractivity contribution < 1.29 is 9.53 Å². The first kappa shape index (κ1) is 13.5. The van der Waals surface area contributed by atoms with Gasteiger partial charge in [0, 0.05) is 12.6 Å². The Morgan fingerprint density at radius 2 is 2.24 bits per heavy atom. The summed E-state index contributed by atoms with van der Waals surface area (Å²) in [7, 11) is 0. The van der Waals surface area contributed by atoms with Gasteiger partial charge in [0.25, 0.3) is 5.91 Å². The number of rotatable bonds is 6. The number of ether oxygens (including phenoxy) is 1. The molecule has 1 aromatic heterocycles. The van der Waals surface area contributed by atoms with E-state index in [-0.39, 0.29) is 11.9 Å². The molecule has 1 rings (SSSR count). The zero-order valence-corrected chi connectivity index (χ0v) is 10.9. The number of aromatic nitrogens is 2. The molecule has 17 heavy (non-hydrogen) atoms. The minimum absolute atomic E-state index is 0.108. The van der Waals surface area contributed by atoms with Crippen molar-refractivity contribution in [3.05, 3.63) is 12.4 Å². The molecule has 0 aliphatic heterocycles. The molecule has 1 aromatic rings. The van der Waals surface area contributed by atoms with Crippen LogP contribution in [0.4, 0.5) is 0 Å². The lowest BCUT2D eigenvalue weighted by Gasteiger charge is -2.15. The second kappa shape index (κ2) is 6.27. The van der Waals surface area contributed by atoms with Crippen LogP contribution in [0.25, 0.3) is 0 Å². The van der Waals surface area contributed by atoms with Gasteiger partial charge in [0.1, 0.15) is 0 Å². The molecule has 0 spiro atoms. The van der Waals surface area contributed by atoms with Crippen molar-refractivity contribution in [3.63, 3.8) is 0 Å². The minimum Gasteiger partial charge on any atom is -0.478 e. The summed E-state index contributed by atoms with van der Waals surface area (Å²) in [5.74, 6) is 0.521. The van der Waals surface area contributed by atoms with Crippen LogP contribution in [-0.4, -0.2) is 27.8 Å². The molecule has 0 radical (unpaired) electrons. The molecule has 0 saturated carbocycles. The number of carbonyl (C=O) groups excluding carboxylic acids is 1. The Morgan fingerprint density at radius 3 is 2.82 bits per heavy atom. The van der Waals surface area contributed by atoms with Gasteiger partial charge in [-0.25, -0.2) is 0 Å². The molecule has 0 saturated heterocycles. The third-order valence-electron chi connectivity index (χ3n) is 2.18. The summed E-state index contributed by atoms with van der Waals surface area (Å²) in [4.78, 5) is 11.6. The van der Waals surface area contributed by atoms with Gasteiger partial charge in [-0.15, -0.1) is 0 Å². The van der Waals surface area contributed by atoms with Crippen molar-refractivity contribution in [2.75, 3.05) is 0 Å². The highest BCUT2D eigenvalue weighted by Crippen LogP contribution is 2.11. The lowest BCUT2D eigenvalue weighted by Crippen LogP contribution is -2.39. The molecule has 0 aliphatic carbocycles. The highest BCUT2D eigenvalue weighted by atomic mass is 16.5. The lowest BCUT2D eigenvalue weighted by molar-refractivity contribution is -0.127. The van der Waals surface area contributed by atoms with E-state index in [0.29, 0.717) is 5.75 Å².